The van der Waals surface area contributed by atoms with Crippen LogP contribution in [-0.4, -0.2) is 70.5 Å². The molecule has 0 saturated carbocycles. The molecular formula is C25H43IN4O2. The predicted octanol–water partition coefficient (Wildman–Crippen LogP) is 4.04. The summed E-state index contributed by atoms with van der Waals surface area (Å²) in [7, 11) is 1.86. The fourth-order valence-electron chi connectivity index (χ4n) is 4.67. The maximum absolute atomic E-state index is 5.68. The molecule has 2 saturated heterocycles. The third kappa shape index (κ3) is 8.06. The van der Waals surface area contributed by atoms with Crippen molar-refractivity contribution in [2.45, 2.75) is 51.4 Å². The lowest BCUT2D eigenvalue weighted by Crippen LogP contribution is -2.48. The molecule has 0 atom stereocenters. The second-order valence-electron chi connectivity index (χ2n) is 9.08. The van der Waals surface area contributed by atoms with Gasteiger partial charge in [-0.3, -0.25) is 4.99 Å². The van der Waals surface area contributed by atoms with Gasteiger partial charge in [0.25, 0.3) is 0 Å². The molecule has 0 amide bonds. The molecule has 1 aromatic carbocycles. The molecule has 0 unspecified atom stereocenters. The Balaban J connectivity index is 0.00000363. The summed E-state index contributed by atoms with van der Waals surface area (Å²) in [5.74, 6) is 2.72. The SMILES string of the molecule is CCOc1ccc(C2(CNC(=NC)NCCCN3CCC(C)CC3)CCOCC2)cc1.I. The van der Waals surface area contributed by atoms with Crippen molar-refractivity contribution in [2.24, 2.45) is 10.9 Å². The lowest BCUT2D eigenvalue weighted by molar-refractivity contribution is 0.0513. The summed E-state index contributed by atoms with van der Waals surface area (Å²) in [5.41, 5.74) is 1.41. The number of guanidine groups is 1. The van der Waals surface area contributed by atoms with Crippen LogP contribution in [0.5, 0.6) is 5.75 Å². The minimum Gasteiger partial charge on any atom is -0.494 e. The van der Waals surface area contributed by atoms with E-state index in [0.29, 0.717) is 6.61 Å². The largest absolute Gasteiger partial charge is 0.494 e. The molecule has 0 spiro atoms. The van der Waals surface area contributed by atoms with Gasteiger partial charge in [-0.15, -0.1) is 24.0 Å². The zero-order valence-electron chi connectivity index (χ0n) is 20.2. The van der Waals surface area contributed by atoms with E-state index in [-0.39, 0.29) is 29.4 Å². The Morgan fingerprint density at radius 3 is 2.47 bits per heavy atom. The lowest BCUT2D eigenvalue weighted by atomic mass is 9.74. The minimum atomic E-state index is 0. The molecule has 2 aliphatic rings. The molecule has 0 radical (unpaired) electrons. The molecule has 3 rings (SSSR count). The summed E-state index contributed by atoms with van der Waals surface area (Å²) < 4.78 is 11.3. The molecule has 0 aromatic heterocycles. The first-order chi connectivity index (χ1) is 15.1. The lowest BCUT2D eigenvalue weighted by Gasteiger charge is -2.38. The third-order valence-electron chi connectivity index (χ3n) is 6.87. The van der Waals surface area contributed by atoms with E-state index in [4.69, 9.17) is 9.47 Å². The van der Waals surface area contributed by atoms with Crippen molar-refractivity contribution >= 4 is 29.9 Å². The standard InChI is InChI=1S/C25H42N4O2.HI/c1-4-31-23-8-6-22(7-9-23)25(12-18-30-19-13-25)20-28-24(26-3)27-14-5-15-29-16-10-21(2)11-17-29;/h6-9,21H,4-5,10-20H2,1-3H3,(H2,26,27,28);1H. The average molecular weight is 559 g/mol. The zero-order valence-corrected chi connectivity index (χ0v) is 22.5. The second-order valence-corrected chi connectivity index (χ2v) is 9.08. The quantitative estimate of drug-likeness (QED) is 0.208. The van der Waals surface area contributed by atoms with Gasteiger partial charge < -0.3 is 25.0 Å². The highest BCUT2D eigenvalue weighted by Gasteiger charge is 2.34. The van der Waals surface area contributed by atoms with Crippen molar-refractivity contribution in [3.8, 4) is 5.75 Å². The number of piperidine rings is 1. The van der Waals surface area contributed by atoms with Gasteiger partial charge in [-0.05, 0) is 82.3 Å². The maximum Gasteiger partial charge on any atom is 0.191 e. The number of hydrogen-bond donors (Lipinski definition) is 2. The van der Waals surface area contributed by atoms with Crippen LogP contribution in [0, 0.1) is 5.92 Å². The molecule has 0 bridgehead atoms. The van der Waals surface area contributed by atoms with Gasteiger partial charge in [0.2, 0.25) is 0 Å². The zero-order chi connectivity index (χ0) is 21.9. The topological polar surface area (TPSA) is 58.1 Å². The van der Waals surface area contributed by atoms with Crippen LogP contribution in [0.4, 0.5) is 0 Å². The summed E-state index contributed by atoms with van der Waals surface area (Å²) in [4.78, 5) is 7.06. The first-order valence-electron chi connectivity index (χ1n) is 12.1. The molecule has 182 valence electrons. The number of hydrogen-bond acceptors (Lipinski definition) is 4. The Bertz CT molecular complexity index is 669. The second kappa shape index (κ2) is 14.3. The Labute approximate surface area is 211 Å². The number of benzene rings is 1. The number of nitrogens with one attached hydrogen (secondary N) is 2. The van der Waals surface area contributed by atoms with E-state index >= 15 is 0 Å². The van der Waals surface area contributed by atoms with Gasteiger partial charge in [-0.25, -0.2) is 0 Å². The summed E-state index contributed by atoms with van der Waals surface area (Å²) in [5, 5.41) is 7.11. The number of aliphatic imine (C=N–C) groups is 1. The van der Waals surface area contributed by atoms with E-state index in [1.807, 2.05) is 14.0 Å². The van der Waals surface area contributed by atoms with Crippen LogP contribution in [0.2, 0.25) is 0 Å². The van der Waals surface area contributed by atoms with Crippen LogP contribution in [0.25, 0.3) is 0 Å². The van der Waals surface area contributed by atoms with Crippen molar-refractivity contribution in [2.75, 3.05) is 59.6 Å². The van der Waals surface area contributed by atoms with Gasteiger partial charge in [0.05, 0.1) is 6.61 Å². The van der Waals surface area contributed by atoms with E-state index in [1.54, 1.807) is 0 Å². The number of likely N-dealkylation sites (tertiary alicyclic amines) is 1. The fraction of sp³-hybridized carbons (Fsp3) is 0.720. The third-order valence-corrected chi connectivity index (χ3v) is 6.87. The highest BCUT2D eigenvalue weighted by atomic mass is 127. The number of ether oxygens (including phenoxy) is 2. The van der Waals surface area contributed by atoms with Gasteiger partial charge in [-0.2, -0.15) is 0 Å². The van der Waals surface area contributed by atoms with E-state index in [9.17, 15) is 0 Å². The Morgan fingerprint density at radius 1 is 1.16 bits per heavy atom. The minimum absolute atomic E-state index is 0. The predicted molar refractivity (Wildman–Crippen MR) is 144 cm³/mol. The van der Waals surface area contributed by atoms with Crippen molar-refractivity contribution in [3.63, 3.8) is 0 Å². The van der Waals surface area contributed by atoms with Crippen molar-refractivity contribution < 1.29 is 9.47 Å². The van der Waals surface area contributed by atoms with Crippen LogP contribution in [-0.2, 0) is 10.2 Å². The molecule has 7 heteroatoms. The van der Waals surface area contributed by atoms with Gasteiger partial charge >= 0.3 is 0 Å². The molecule has 2 N–H and O–H groups in total. The van der Waals surface area contributed by atoms with Crippen molar-refractivity contribution in [1.82, 2.24) is 15.5 Å². The maximum atomic E-state index is 5.68. The van der Waals surface area contributed by atoms with E-state index in [0.717, 1.165) is 63.2 Å². The molecule has 0 aliphatic carbocycles. The van der Waals surface area contributed by atoms with Gasteiger partial charge in [0.15, 0.2) is 5.96 Å². The van der Waals surface area contributed by atoms with Crippen molar-refractivity contribution in [3.05, 3.63) is 29.8 Å². The molecule has 2 fully saturated rings. The fourth-order valence-corrected chi connectivity index (χ4v) is 4.67. The first-order valence-corrected chi connectivity index (χ1v) is 12.1. The molecule has 1 aromatic rings. The van der Waals surface area contributed by atoms with E-state index in [2.05, 4.69) is 51.7 Å². The number of nitrogens with zero attached hydrogens (tertiary/aromatic N) is 2. The van der Waals surface area contributed by atoms with Crippen molar-refractivity contribution in [1.29, 1.82) is 0 Å². The average Bonchev–Trinajstić information content (AvgIpc) is 2.81. The van der Waals surface area contributed by atoms with Crippen LogP contribution in [0.15, 0.2) is 29.3 Å². The summed E-state index contributed by atoms with van der Waals surface area (Å²) >= 11 is 0. The van der Waals surface area contributed by atoms with Crippen LogP contribution in [0.1, 0.15) is 51.5 Å². The molecular weight excluding hydrogens is 515 g/mol. The van der Waals surface area contributed by atoms with E-state index in [1.165, 1.54) is 38.0 Å². The Morgan fingerprint density at radius 2 is 1.84 bits per heavy atom. The normalized spacial score (nSPS) is 19.8. The summed E-state index contributed by atoms with van der Waals surface area (Å²) in [6.45, 7) is 12.2. The first kappa shape index (κ1) is 27.2. The number of halogens is 1. The van der Waals surface area contributed by atoms with Crippen LogP contribution in [0.3, 0.4) is 0 Å². The molecule has 32 heavy (non-hydrogen) atoms. The molecule has 6 nitrogen and oxygen atoms in total. The molecule has 2 aliphatic heterocycles. The van der Waals surface area contributed by atoms with Gasteiger partial charge in [0, 0.05) is 38.8 Å². The summed E-state index contributed by atoms with van der Waals surface area (Å²) in [6.07, 6.45) is 5.85. The smallest absolute Gasteiger partial charge is 0.191 e. The Hall–Kier alpha value is -1.06. The van der Waals surface area contributed by atoms with Gasteiger partial charge in [0.1, 0.15) is 5.75 Å². The Kier molecular flexibility index (Phi) is 12.1. The van der Waals surface area contributed by atoms with Crippen LogP contribution < -0.4 is 15.4 Å². The van der Waals surface area contributed by atoms with Gasteiger partial charge in [-0.1, -0.05) is 19.1 Å². The highest BCUT2D eigenvalue weighted by Crippen LogP contribution is 2.35. The number of rotatable bonds is 9. The summed E-state index contributed by atoms with van der Waals surface area (Å²) in [6, 6.07) is 8.61. The molecule has 2 heterocycles. The highest BCUT2D eigenvalue weighted by molar-refractivity contribution is 14.0. The van der Waals surface area contributed by atoms with Crippen LogP contribution >= 0.6 is 24.0 Å². The van der Waals surface area contributed by atoms with E-state index < -0.39 is 0 Å². The monoisotopic (exact) mass is 558 g/mol.